The molecule has 19 nitrogen and oxygen atoms in total. The number of anilines is 8. The van der Waals surface area contributed by atoms with E-state index in [1.54, 1.807) is 53.4 Å². The Labute approximate surface area is 569 Å². The highest BCUT2D eigenvalue weighted by Gasteiger charge is 2.26. The smallest absolute Gasteiger partial charge is 0.412 e. The molecule has 0 unspecified atom stereocenters. The highest BCUT2D eigenvalue weighted by Crippen LogP contribution is 2.31. The Morgan fingerprint density at radius 1 is 0.433 bits per heavy atom. The number of hydrogen-bond acceptors (Lipinski definition) is 16. The Kier molecular flexibility index (Phi) is 26.3. The van der Waals surface area contributed by atoms with Crippen LogP contribution in [0.5, 0.6) is 0 Å². The summed E-state index contributed by atoms with van der Waals surface area (Å²) in [5.41, 5.74) is 24.8. The first-order valence-corrected chi connectivity index (χ1v) is 32.7. The Hall–Kier alpha value is -10.1. The monoisotopic (exact) mass is 1320 g/mol. The van der Waals surface area contributed by atoms with Crippen molar-refractivity contribution in [3.05, 3.63) is 216 Å². The predicted octanol–water partition coefficient (Wildman–Crippen LogP) is 13.9. The van der Waals surface area contributed by atoms with Crippen LogP contribution in [0.3, 0.4) is 0 Å². The van der Waals surface area contributed by atoms with Crippen molar-refractivity contribution in [1.29, 1.82) is 0 Å². The fourth-order valence-corrected chi connectivity index (χ4v) is 11.5. The molecule has 4 saturated heterocycles. The quantitative estimate of drug-likeness (QED) is 0.0412. The fourth-order valence-electron chi connectivity index (χ4n) is 11.5. The third kappa shape index (κ3) is 21.7. The number of nitrogens with zero attached hydrogens (tertiary/aromatic N) is 4. The minimum Gasteiger partial charge on any atom is -0.478 e. The number of aliphatic hydroxyl groups excluding tert-OH is 1. The lowest BCUT2D eigenvalue weighted by Crippen LogP contribution is -2.27. The van der Waals surface area contributed by atoms with E-state index in [2.05, 4.69) is 30.2 Å². The van der Waals surface area contributed by atoms with Crippen LogP contribution in [0.15, 0.2) is 194 Å². The van der Waals surface area contributed by atoms with Crippen molar-refractivity contribution in [2.45, 2.75) is 90.3 Å². The van der Waals surface area contributed by atoms with E-state index < -0.39 is 17.7 Å². The van der Waals surface area contributed by atoms with Gasteiger partial charge in [-0.3, -0.25) is 19.7 Å². The van der Waals surface area contributed by atoms with E-state index in [1.165, 1.54) is 5.69 Å². The molecule has 510 valence electrons. The third-order valence-electron chi connectivity index (χ3n) is 17.1. The molecule has 4 fully saturated rings. The van der Waals surface area contributed by atoms with Gasteiger partial charge in [0.05, 0.1) is 52.7 Å². The van der Waals surface area contributed by atoms with Gasteiger partial charge < -0.3 is 65.5 Å². The molecule has 8 aromatic rings. The number of nitrogens with one attached hydrogen (secondary N) is 2. The molecule has 8 aromatic carbocycles. The van der Waals surface area contributed by atoms with Gasteiger partial charge in [0, 0.05) is 113 Å². The first-order valence-electron chi connectivity index (χ1n) is 32.7. The summed E-state index contributed by atoms with van der Waals surface area (Å²) < 4.78 is 21.3. The number of rotatable bonds is 15. The van der Waals surface area contributed by atoms with E-state index in [0.29, 0.717) is 52.6 Å². The number of carbonyl (C=O) groups is 5. The van der Waals surface area contributed by atoms with Crippen LogP contribution >= 0.6 is 0 Å². The summed E-state index contributed by atoms with van der Waals surface area (Å²) in [5.74, 6) is -0.863. The molecule has 19 heteroatoms. The average Bonchev–Trinajstić information content (AvgIpc) is 1.60. The zero-order chi connectivity index (χ0) is 69.6. The lowest BCUT2D eigenvalue weighted by Gasteiger charge is -2.20. The van der Waals surface area contributed by atoms with Crippen LogP contribution in [-0.4, -0.2) is 143 Å². The second kappa shape index (κ2) is 35.1. The number of benzene rings is 8. The van der Waals surface area contributed by atoms with Crippen LogP contribution in [0, 0.1) is 0 Å². The van der Waals surface area contributed by atoms with E-state index in [9.17, 15) is 29.1 Å². The van der Waals surface area contributed by atoms with Gasteiger partial charge in [0.2, 0.25) is 0 Å². The maximum atomic E-state index is 12.7. The van der Waals surface area contributed by atoms with Crippen LogP contribution in [0.25, 0.3) is 22.3 Å². The van der Waals surface area contributed by atoms with Crippen LogP contribution in [-0.2, 0) is 18.9 Å². The van der Waals surface area contributed by atoms with Crippen molar-refractivity contribution in [3.8, 4) is 22.3 Å². The van der Waals surface area contributed by atoms with Crippen LogP contribution < -0.4 is 41.7 Å². The molecular weight excluding hydrogens is 1220 g/mol. The van der Waals surface area contributed by atoms with E-state index >= 15 is 0 Å². The Morgan fingerprint density at radius 3 is 1.18 bits per heavy atom. The summed E-state index contributed by atoms with van der Waals surface area (Å²) in [4.78, 5) is 66.3. The number of β-amino-alcohol motifs (C(OH)–C–C–N with tert-alkyl or cyclic N) is 1. The van der Waals surface area contributed by atoms with Gasteiger partial charge >= 0.3 is 12.1 Å². The van der Waals surface area contributed by atoms with Crippen LogP contribution in [0.1, 0.15) is 102 Å². The number of amides is 2. The molecule has 4 aliphatic heterocycles. The van der Waals surface area contributed by atoms with Crippen LogP contribution in [0.2, 0.25) is 0 Å². The Bertz CT molecular complexity index is 3780. The summed E-state index contributed by atoms with van der Waals surface area (Å²) in [6.07, 6.45) is 4.13. The van der Waals surface area contributed by atoms with Crippen molar-refractivity contribution in [2.75, 3.05) is 115 Å². The van der Waals surface area contributed by atoms with Gasteiger partial charge in [-0.2, -0.15) is 0 Å². The molecule has 0 aromatic heterocycles. The van der Waals surface area contributed by atoms with Crippen LogP contribution in [0.4, 0.5) is 50.3 Å². The molecule has 4 atom stereocenters. The molecule has 4 heterocycles. The first-order chi connectivity index (χ1) is 46.6. The topological polar surface area (TPSA) is 252 Å². The van der Waals surface area contributed by atoms with Gasteiger partial charge in [-0.05, 0) is 204 Å². The standard InChI is InChI=1S/C24H25N3O2.C17H20N2O2.C13H17NO2.C12H15NO3.C12H15NO2/c1-29-21-13-14-27(16-21)20-10-7-18(8-11-20)24(28)26-23-15-19(9-12-22(23)25)17-5-3-2-4-6-17;1-17(2,3)21-16(20)19-15-10-9-13(11-14(15)18)12-7-5-4-6-8-12;1-10(15)11-3-5-12(6-4-11)14-8-7-13(9-14)16-2;1-16-11-6-7-13(8-11)10-4-2-9(3-5-10)12(14)15;1-9(14)10-2-4-11(5-3-10)13-7-6-12(15)8-13/h2-12,15,21H,13-14,16,25H2,1H3,(H,26,28);4-11H,18H2,1-3H3,(H,19,20);3-6,13H,7-9H2,1-2H3;2-5,11H,6-8H2,1H3,(H,14,15);2-5,12,15H,6-8H2,1H3/t21-;;13-;11-;12-/m1.111/s1. The number of hydrogen-bond donors (Lipinski definition) is 6. The minimum atomic E-state index is -0.886. The molecule has 12 rings (SSSR count). The Balaban J connectivity index is 0.000000159. The molecular formula is C78H92N8O11. The highest BCUT2D eigenvalue weighted by molar-refractivity contribution is 6.06. The van der Waals surface area contributed by atoms with Crippen molar-refractivity contribution in [1.82, 2.24) is 0 Å². The molecule has 0 aliphatic carbocycles. The highest BCUT2D eigenvalue weighted by atomic mass is 16.6. The molecule has 97 heavy (non-hydrogen) atoms. The predicted molar refractivity (Wildman–Crippen MR) is 389 cm³/mol. The maximum absolute atomic E-state index is 12.7. The number of nitrogens with two attached hydrogens (primary N) is 2. The lowest BCUT2D eigenvalue weighted by molar-refractivity contribution is 0.0633. The molecule has 0 bridgehead atoms. The second-order valence-corrected chi connectivity index (χ2v) is 25.2. The molecule has 0 spiro atoms. The zero-order valence-corrected chi connectivity index (χ0v) is 56.8. The number of ketones is 2. The number of aliphatic hydroxyl groups is 1. The second-order valence-electron chi connectivity index (χ2n) is 25.2. The fraction of sp³-hybridized carbons (Fsp3) is 0.321. The van der Waals surface area contributed by atoms with Gasteiger partial charge in [-0.15, -0.1) is 0 Å². The Morgan fingerprint density at radius 2 is 0.814 bits per heavy atom. The van der Waals surface area contributed by atoms with E-state index in [0.717, 1.165) is 122 Å². The molecule has 8 N–H and O–H groups in total. The van der Waals surface area contributed by atoms with E-state index in [4.69, 9.17) is 35.5 Å². The largest absolute Gasteiger partial charge is 0.478 e. The summed E-state index contributed by atoms with van der Waals surface area (Å²) >= 11 is 0. The number of methoxy groups -OCH3 is 3. The lowest BCUT2D eigenvalue weighted by atomic mass is 10.0. The van der Waals surface area contributed by atoms with Gasteiger partial charge in [0.15, 0.2) is 11.6 Å². The third-order valence-corrected chi connectivity index (χ3v) is 17.1. The van der Waals surface area contributed by atoms with Gasteiger partial charge in [-0.1, -0.05) is 72.8 Å². The molecule has 2 amide bonds. The number of ether oxygens (including phenoxy) is 4. The van der Waals surface area contributed by atoms with E-state index in [-0.39, 0.29) is 29.7 Å². The minimum absolute atomic E-state index is 0.0861. The molecule has 0 saturated carbocycles. The number of Topliss-reactive ketones (excluding diaryl/α,β-unsaturated/α-hetero) is 2. The van der Waals surface area contributed by atoms with Crippen molar-refractivity contribution in [2.24, 2.45) is 0 Å². The first kappa shape index (κ1) is 72.8. The summed E-state index contributed by atoms with van der Waals surface area (Å²) in [6.45, 7) is 15.8. The number of carbonyl (C=O) groups excluding carboxylic acids is 4. The van der Waals surface area contributed by atoms with Crippen molar-refractivity contribution >= 4 is 75.0 Å². The van der Waals surface area contributed by atoms with E-state index in [1.807, 2.05) is 197 Å². The number of carboxylic acids is 1. The van der Waals surface area contributed by atoms with Gasteiger partial charge in [-0.25, -0.2) is 9.59 Å². The van der Waals surface area contributed by atoms with Gasteiger partial charge in [0.1, 0.15) is 5.60 Å². The number of nitrogen functional groups attached to an aromatic ring is 2. The average molecular weight is 1320 g/mol. The molecule has 4 aliphatic rings. The summed E-state index contributed by atoms with van der Waals surface area (Å²) in [7, 11) is 5.23. The SMILES string of the molecule is CC(=O)c1ccc(N2CC[C@@H](O)C2)cc1.CC(C)(C)OC(=O)Nc1ccc(-c2ccccc2)cc1N.CO[C@@H]1CCN(c2ccc(C(=O)Nc3cc(-c4ccccc4)ccc3N)cc2)C1.CO[C@@H]1CCN(c2ccc(C(=O)O)cc2)C1.CO[C@@H]1CCN(c2ccc(C(C)=O)cc2)C1. The number of aromatic carboxylic acids is 1. The van der Waals surface area contributed by atoms with Crippen molar-refractivity contribution < 1.29 is 53.1 Å². The zero-order valence-electron chi connectivity index (χ0n) is 56.8. The maximum Gasteiger partial charge on any atom is 0.412 e. The number of carboxylic acid groups (broad SMARTS) is 1. The normalized spacial score (nSPS) is 17.0. The molecule has 0 radical (unpaired) electrons. The summed E-state index contributed by atoms with van der Waals surface area (Å²) in [6, 6.07) is 61.1. The van der Waals surface area contributed by atoms with Gasteiger partial charge in [0.25, 0.3) is 5.91 Å². The summed E-state index contributed by atoms with van der Waals surface area (Å²) in [5, 5.41) is 23.8. The van der Waals surface area contributed by atoms with Crippen molar-refractivity contribution in [3.63, 3.8) is 0 Å².